The van der Waals surface area contributed by atoms with E-state index in [0.717, 1.165) is 38.2 Å². The van der Waals surface area contributed by atoms with Gasteiger partial charge in [0.15, 0.2) is 0 Å². The summed E-state index contributed by atoms with van der Waals surface area (Å²) in [5.74, 6) is 0.186. The van der Waals surface area contributed by atoms with Crippen molar-refractivity contribution in [3.05, 3.63) is 64.7 Å². The highest BCUT2D eigenvalue weighted by Gasteiger charge is 2.32. The lowest BCUT2D eigenvalue weighted by atomic mass is 9.90. The van der Waals surface area contributed by atoms with E-state index in [4.69, 9.17) is 0 Å². The summed E-state index contributed by atoms with van der Waals surface area (Å²) in [4.78, 5) is 31.6. The standard InChI is InChI=1S/C25H31N3O2/c1-18-7-6-10-23(19(18)2)26-13-15-27(16-14-26)25(30)17-24-22-9-5-4-8-21(22)11-12-28(24)20(3)29/h4-10,24H,11-17H2,1-3H3. The summed E-state index contributed by atoms with van der Waals surface area (Å²) in [5, 5.41) is 0. The second kappa shape index (κ2) is 8.50. The topological polar surface area (TPSA) is 43.9 Å². The van der Waals surface area contributed by atoms with Crippen molar-refractivity contribution in [2.75, 3.05) is 37.6 Å². The molecule has 0 bridgehead atoms. The van der Waals surface area contributed by atoms with E-state index < -0.39 is 0 Å². The summed E-state index contributed by atoms with van der Waals surface area (Å²) in [7, 11) is 0. The molecule has 4 rings (SSSR count). The number of aryl methyl sites for hydroxylation is 1. The molecule has 2 aliphatic rings. The van der Waals surface area contributed by atoms with Gasteiger partial charge in [0.25, 0.3) is 0 Å². The first kappa shape index (κ1) is 20.5. The van der Waals surface area contributed by atoms with Crippen LogP contribution in [-0.2, 0) is 16.0 Å². The Morgan fingerprint density at radius 2 is 1.67 bits per heavy atom. The van der Waals surface area contributed by atoms with Crippen LogP contribution in [0.2, 0.25) is 0 Å². The molecule has 1 atom stereocenters. The van der Waals surface area contributed by atoms with Crippen LogP contribution in [-0.4, -0.2) is 54.3 Å². The van der Waals surface area contributed by atoms with Gasteiger partial charge in [-0.15, -0.1) is 0 Å². The number of rotatable bonds is 3. The molecule has 2 heterocycles. The van der Waals surface area contributed by atoms with E-state index in [0.29, 0.717) is 13.0 Å². The van der Waals surface area contributed by atoms with Crippen LogP contribution in [0.5, 0.6) is 0 Å². The summed E-state index contributed by atoms with van der Waals surface area (Å²) in [6.45, 7) is 9.72. The van der Waals surface area contributed by atoms with Crippen LogP contribution >= 0.6 is 0 Å². The largest absolute Gasteiger partial charge is 0.368 e. The Morgan fingerprint density at radius 3 is 2.40 bits per heavy atom. The third kappa shape index (κ3) is 3.93. The molecule has 30 heavy (non-hydrogen) atoms. The predicted molar refractivity (Wildman–Crippen MR) is 120 cm³/mol. The Kier molecular flexibility index (Phi) is 5.80. The highest BCUT2D eigenvalue weighted by molar-refractivity contribution is 5.80. The number of hydrogen-bond donors (Lipinski definition) is 0. The summed E-state index contributed by atoms with van der Waals surface area (Å²) in [6.07, 6.45) is 1.22. The fourth-order valence-electron chi connectivity index (χ4n) is 4.82. The smallest absolute Gasteiger partial charge is 0.225 e. The second-order valence-electron chi connectivity index (χ2n) is 8.47. The van der Waals surface area contributed by atoms with E-state index in [1.165, 1.54) is 22.4 Å². The number of anilines is 1. The third-order valence-corrected chi connectivity index (χ3v) is 6.73. The predicted octanol–water partition coefficient (Wildman–Crippen LogP) is 3.49. The van der Waals surface area contributed by atoms with Gasteiger partial charge < -0.3 is 14.7 Å². The number of amides is 2. The molecule has 0 saturated carbocycles. The summed E-state index contributed by atoms with van der Waals surface area (Å²) in [5.41, 5.74) is 6.26. The maximum Gasteiger partial charge on any atom is 0.225 e. The number of hydrogen-bond acceptors (Lipinski definition) is 3. The summed E-state index contributed by atoms with van der Waals surface area (Å²) >= 11 is 0. The Balaban J connectivity index is 1.44. The molecule has 0 aliphatic carbocycles. The van der Waals surface area contributed by atoms with E-state index in [9.17, 15) is 9.59 Å². The first-order valence-electron chi connectivity index (χ1n) is 10.9. The zero-order chi connectivity index (χ0) is 21.3. The molecular weight excluding hydrogens is 374 g/mol. The molecule has 5 nitrogen and oxygen atoms in total. The quantitative estimate of drug-likeness (QED) is 0.785. The fourth-order valence-corrected chi connectivity index (χ4v) is 4.82. The molecule has 0 N–H and O–H groups in total. The van der Waals surface area contributed by atoms with Gasteiger partial charge in [-0.05, 0) is 48.6 Å². The molecule has 0 aromatic heterocycles. The van der Waals surface area contributed by atoms with Gasteiger partial charge >= 0.3 is 0 Å². The van der Waals surface area contributed by atoms with Crippen LogP contribution in [0.1, 0.15) is 41.6 Å². The van der Waals surface area contributed by atoms with Gasteiger partial charge in [-0.3, -0.25) is 9.59 Å². The van der Waals surface area contributed by atoms with Crippen molar-refractivity contribution in [2.45, 2.75) is 39.7 Å². The van der Waals surface area contributed by atoms with Crippen LogP contribution in [0.4, 0.5) is 5.69 Å². The minimum atomic E-state index is -0.156. The summed E-state index contributed by atoms with van der Waals surface area (Å²) < 4.78 is 0. The highest BCUT2D eigenvalue weighted by Crippen LogP contribution is 2.33. The first-order chi connectivity index (χ1) is 14.5. The zero-order valence-corrected chi connectivity index (χ0v) is 18.2. The number of carbonyl (C=O) groups is 2. The van der Waals surface area contributed by atoms with Crippen LogP contribution in [0.25, 0.3) is 0 Å². The van der Waals surface area contributed by atoms with Crippen LogP contribution in [0.3, 0.4) is 0 Å². The van der Waals surface area contributed by atoms with E-state index in [-0.39, 0.29) is 17.9 Å². The van der Waals surface area contributed by atoms with Gasteiger partial charge in [-0.2, -0.15) is 0 Å². The minimum Gasteiger partial charge on any atom is -0.368 e. The SMILES string of the molecule is CC(=O)N1CCc2ccccc2C1CC(=O)N1CCN(c2cccc(C)c2C)CC1. The third-order valence-electron chi connectivity index (χ3n) is 6.73. The lowest BCUT2D eigenvalue weighted by Gasteiger charge is -2.40. The Bertz CT molecular complexity index is 947. The van der Waals surface area contributed by atoms with Crippen LogP contribution in [0.15, 0.2) is 42.5 Å². The van der Waals surface area contributed by atoms with Crippen molar-refractivity contribution in [1.29, 1.82) is 0 Å². The number of carbonyl (C=O) groups excluding carboxylic acids is 2. The molecule has 2 aliphatic heterocycles. The van der Waals surface area contributed by atoms with Gasteiger partial charge in [0, 0.05) is 45.3 Å². The van der Waals surface area contributed by atoms with Gasteiger partial charge in [0.2, 0.25) is 11.8 Å². The second-order valence-corrected chi connectivity index (χ2v) is 8.47. The van der Waals surface area contributed by atoms with E-state index >= 15 is 0 Å². The molecule has 0 radical (unpaired) electrons. The van der Waals surface area contributed by atoms with Gasteiger partial charge in [0.1, 0.15) is 0 Å². The molecule has 158 valence electrons. The molecular formula is C25H31N3O2. The highest BCUT2D eigenvalue weighted by atomic mass is 16.2. The Morgan fingerprint density at radius 1 is 0.933 bits per heavy atom. The van der Waals surface area contributed by atoms with E-state index in [1.807, 2.05) is 21.9 Å². The first-order valence-corrected chi connectivity index (χ1v) is 10.9. The number of nitrogens with zero attached hydrogens (tertiary/aromatic N) is 3. The van der Waals surface area contributed by atoms with Crippen LogP contribution < -0.4 is 4.90 Å². The van der Waals surface area contributed by atoms with Crippen molar-refractivity contribution >= 4 is 17.5 Å². The van der Waals surface area contributed by atoms with Crippen LogP contribution in [0, 0.1) is 13.8 Å². The molecule has 2 aromatic rings. The number of benzene rings is 2. The lowest BCUT2D eigenvalue weighted by Crippen LogP contribution is -2.50. The van der Waals surface area contributed by atoms with Gasteiger partial charge in [0.05, 0.1) is 12.5 Å². The van der Waals surface area contributed by atoms with Gasteiger partial charge in [-0.25, -0.2) is 0 Å². The average molecular weight is 406 g/mol. The number of fused-ring (bicyclic) bond motifs is 1. The minimum absolute atomic E-state index is 0.0436. The molecule has 1 fully saturated rings. The van der Waals surface area contributed by atoms with Crippen molar-refractivity contribution < 1.29 is 9.59 Å². The fraction of sp³-hybridized carbons (Fsp3) is 0.440. The molecule has 1 unspecified atom stereocenters. The van der Waals surface area contributed by atoms with E-state index in [1.54, 1.807) is 6.92 Å². The maximum atomic E-state index is 13.2. The maximum absolute atomic E-state index is 13.2. The van der Waals surface area contributed by atoms with Crippen molar-refractivity contribution in [3.8, 4) is 0 Å². The molecule has 5 heteroatoms. The Hall–Kier alpha value is -2.82. The molecule has 1 saturated heterocycles. The van der Waals surface area contributed by atoms with Crippen molar-refractivity contribution in [3.63, 3.8) is 0 Å². The molecule has 2 aromatic carbocycles. The monoisotopic (exact) mass is 405 g/mol. The van der Waals surface area contributed by atoms with Crippen molar-refractivity contribution in [1.82, 2.24) is 9.80 Å². The lowest BCUT2D eigenvalue weighted by molar-refractivity contribution is -0.136. The average Bonchev–Trinajstić information content (AvgIpc) is 2.76. The normalized spacial score (nSPS) is 18.9. The van der Waals surface area contributed by atoms with E-state index in [2.05, 4.69) is 49.1 Å². The number of piperazine rings is 1. The summed E-state index contributed by atoms with van der Waals surface area (Å²) in [6, 6.07) is 14.5. The van der Waals surface area contributed by atoms with Crippen molar-refractivity contribution in [2.24, 2.45) is 0 Å². The Labute approximate surface area is 179 Å². The zero-order valence-electron chi connectivity index (χ0n) is 18.2. The molecule has 0 spiro atoms. The van der Waals surface area contributed by atoms with Gasteiger partial charge in [-0.1, -0.05) is 36.4 Å². The molecule has 2 amide bonds.